The second-order valence-electron chi connectivity index (χ2n) is 3.00. The van der Waals surface area contributed by atoms with Gasteiger partial charge in [0.05, 0.1) is 19.8 Å². The molecule has 0 N–H and O–H groups in total. The topological polar surface area (TPSA) is 62.6 Å². The van der Waals surface area contributed by atoms with Gasteiger partial charge in [-0.15, -0.1) is 0 Å². The SMILES string of the molecule is CCO/C=C(/C#N)C(=O)N1CCOCC1. The zero-order chi connectivity index (χ0) is 11.1. The molecular weight excluding hydrogens is 196 g/mol. The van der Waals surface area contributed by atoms with E-state index in [0.717, 1.165) is 0 Å². The Morgan fingerprint density at radius 2 is 2.27 bits per heavy atom. The minimum atomic E-state index is -0.283. The van der Waals surface area contributed by atoms with Gasteiger partial charge in [-0.3, -0.25) is 4.79 Å². The van der Waals surface area contributed by atoms with Crippen molar-refractivity contribution in [3.8, 4) is 6.07 Å². The van der Waals surface area contributed by atoms with Crippen LogP contribution in [0.3, 0.4) is 0 Å². The van der Waals surface area contributed by atoms with E-state index in [0.29, 0.717) is 32.9 Å². The molecule has 0 aromatic carbocycles. The maximum absolute atomic E-state index is 11.7. The van der Waals surface area contributed by atoms with Crippen molar-refractivity contribution >= 4 is 5.91 Å². The van der Waals surface area contributed by atoms with Crippen molar-refractivity contribution in [2.75, 3.05) is 32.9 Å². The zero-order valence-corrected chi connectivity index (χ0v) is 8.73. The summed E-state index contributed by atoms with van der Waals surface area (Å²) >= 11 is 0. The molecule has 0 aliphatic carbocycles. The van der Waals surface area contributed by atoms with Gasteiger partial charge in [0.15, 0.2) is 5.57 Å². The summed E-state index contributed by atoms with van der Waals surface area (Å²) in [7, 11) is 0. The van der Waals surface area contributed by atoms with Crippen LogP contribution in [-0.2, 0) is 14.3 Å². The van der Waals surface area contributed by atoms with Gasteiger partial charge < -0.3 is 14.4 Å². The van der Waals surface area contributed by atoms with E-state index >= 15 is 0 Å². The summed E-state index contributed by atoms with van der Waals surface area (Å²) in [6, 6.07) is 1.84. The highest BCUT2D eigenvalue weighted by Gasteiger charge is 2.20. The molecule has 0 saturated carbocycles. The first-order chi connectivity index (χ1) is 7.29. The summed E-state index contributed by atoms with van der Waals surface area (Å²) in [5.74, 6) is -0.283. The number of ether oxygens (including phenoxy) is 2. The van der Waals surface area contributed by atoms with Gasteiger partial charge in [0.2, 0.25) is 0 Å². The first-order valence-corrected chi connectivity index (χ1v) is 4.88. The third-order valence-corrected chi connectivity index (χ3v) is 2.02. The predicted octanol–water partition coefficient (Wildman–Crippen LogP) is 0.289. The second-order valence-corrected chi connectivity index (χ2v) is 3.00. The summed E-state index contributed by atoms with van der Waals surface area (Å²) in [5.41, 5.74) is 0.0405. The highest BCUT2D eigenvalue weighted by atomic mass is 16.5. The number of rotatable bonds is 3. The Hall–Kier alpha value is -1.54. The van der Waals surface area contributed by atoms with Crippen molar-refractivity contribution in [1.82, 2.24) is 4.90 Å². The van der Waals surface area contributed by atoms with Gasteiger partial charge in [-0.2, -0.15) is 5.26 Å². The Morgan fingerprint density at radius 1 is 1.60 bits per heavy atom. The Kier molecular flexibility index (Phi) is 4.64. The molecule has 0 spiro atoms. The molecular formula is C10H14N2O3. The third-order valence-electron chi connectivity index (χ3n) is 2.02. The molecule has 1 rings (SSSR count). The molecule has 0 radical (unpaired) electrons. The molecule has 5 nitrogen and oxygen atoms in total. The molecule has 1 aliphatic heterocycles. The first kappa shape index (κ1) is 11.5. The molecule has 0 aromatic rings. The normalized spacial score (nSPS) is 17.1. The molecule has 0 aromatic heterocycles. The number of hydrogen-bond donors (Lipinski definition) is 0. The predicted molar refractivity (Wildman–Crippen MR) is 52.7 cm³/mol. The molecule has 82 valence electrons. The van der Waals surface area contributed by atoms with Gasteiger partial charge in [0.25, 0.3) is 5.91 Å². The molecule has 1 heterocycles. The van der Waals surface area contributed by atoms with E-state index in [1.807, 2.05) is 6.07 Å². The van der Waals surface area contributed by atoms with Crippen LogP contribution in [0.25, 0.3) is 0 Å². The molecule has 0 bridgehead atoms. The Labute approximate surface area is 88.9 Å². The minimum Gasteiger partial charge on any atom is -0.500 e. The number of carbonyl (C=O) groups excluding carboxylic acids is 1. The van der Waals surface area contributed by atoms with Crippen molar-refractivity contribution in [2.45, 2.75) is 6.92 Å². The van der Waals surface area contributed by atoms with Crippen molar-refractivity contribution in [3.63, 3.8) is 0 Å². The fourth-order valence-electron chi connectivity index (χ4n) is 1.23. The van der Waals surface area contributed by atoms with Crippen LogP contribution >= 0.6 is 0 Å². The molecule has 15 heavy (non-hydrogen) atoms. The maximum atomic E-state index is 11.7. The number of morpholine rings is 1. The molecule has 5 heteroatoms. The van der Waals surface area contributed by atoms with E-state index in [2.05, 4.69) is 0 Å². The largest absolute Gasteiger partial charge is 0.500 e. The van der Waals surface area contributed by atoms with Gasteiger partial charge in [0, 0.05) is 13.1 Å². The van der Waals surface area contributed by atoms with Crippen molar-refractivity contribution < 1.29 is 14.3 Å². The molecule has 1 amide bonds. The van der Waals surface area contributed by atoms with Crippen LogP contribution in [0.5, 0.6) is 0 Å². The van der Waals surface area contributed by atoms with Crippen molar-refractivity contribution in [1.29, 1.82) is 5.26 Å². The van der Waals surface area contributed by atoms with Crippen LogP contribution in [0.2, 0.25) is 0 Å². The van der Waals surface area contributed by atoms with Gasteiger partial charge in [-0.1, -0.05) is 0 Å². The number of amides is 1. The first-order valence-electron chi connectivity index (χ1n) is 4.88. The maximum Gasteiger partial charge on any atom is 0.267 e. The average molecular weight is 210 g/mol. The van der Waals surface area contributed by atoms with Crippen LogP contribution in [-0.4, -0.2) is 43.7 Å². The summed E-state index contributed by atoms with van der Waals surface area (Å²) in [6.07, 6.45) is 1.22. The van der Waals surface area contributed by atoms with Crippen molar-refractivity contribution in [3.05, 3.63) is 11.8 Å². The number of nitrogens with zero attached hydrogens (tertiary/aromatic N) is 2. The van der Waals surface area contributed by atoms with Gasteiger partial charge in [-0.05, 0) is 6.92 Å². The quantitative estimate of drug-likeness (QED) is 0.381. The lowest BCUT2D eigenvalue weighted by Crippen LogP contribution is -2.41. The lowest BCUT2D eigenvalue weighted by molar-refractivity contribution is -0.130. The Balaban J connectivity index is 2.60. The number of hydrogen-bond acceptors (Lipinski definition) is 4. The molecule has 1 saturated heterocycles. The standard InChI is InChI=1S/C10H14N2O3/c1-2-14-8-9(7-11)10(13)12-3-5-15-6-4-12/h8H,2-6H2,1H3/b9-8-. The smallest absolute Gasteiger partial charge is 0.267 e. The molecule has 1 fully saturated rings. The zero-order valence-electron chi connectivity index (χ0n) is 8.73. The van der Waals surface area contributed by atoms with Gasteiger partial charge >= 0.3 is 0 Å². The average Bonchev–Trinajstić information content (AvgIpc) is 2.31. The molecule has 0 atom stereocenters. The van der Waals surface area contributed by atoms with E-state index in [-0.39, 0.29) is 11.5 Å². The van der Waals surface area contributed by atoms with Crippen LogP contribution in [0.1, 0.15) is 6.92 Å². The Bertz CT molecular complexity index is 288. The summed E-state index contributed by atoms with van der Waals surface area (Å²) < 4.78 is 10.1. The fourth-order valence-corrected chi connectivity index (χ4v) is 1.23. The van der Waals surface area contributed by atoms with E-state index in [4.69, 9.17) is 14.7 Å². The van der Waals surface area contributed by atoms with Crippen LogP contribution < -0.4 is 0 Å². The second kappa shape index (κ2) is 6.04. The fraction of sp³-hybridized carbons (Fsp3) is 0.600. The molecule has 1 aliphatic rings. The minimum absolute atomic E-state index is 0.0405. The van der Waals surface area contributed by atoms with E-state index in [9.17, 15) is 4.79 Å². The molecule has 0 unspecified atom stereocenters. The monoisotopic (exact) mass is 210 g/mol. The summed E-state index contributed by atoms with van der Waals surface area (Å²) in [6.45, 7) is 4.36. The van der Waals surface area contributed by atoms with Crippen molar-refractivity contribution in [2.24, 2.45) is 0 Å². The van der Waals surface area contributed by atoms with Crippen LogP contribution in [0.15, 0.2) is 11.8 Å². The highest BCUT2D eigenvalue weighted by Crippen LogP contribution is 2.04. The Morgan fingerprint density at radius 3 is 2.80 bits per heavy atom. The lowest BCUT2D eigenvalue weighted by atomic mass is 10.2. The highest BCUT2D eigenvalue weighted by molar-refractivity contribution is 5.97. The van der Waals surface area contributed by atoms with E-state index in [1.54, 1.807) is 11.8 Å². The van der Waals surface area contributed by atoms with E-state index in [1.165, 1.54) is 6.26 Å². The lowest BCUT2D eigenvalue weighted by Gasteiger charge is -2.26. The van der Waals surface area contributed by atoms with Gasteiger partial charge in [0.1, 0.15) is 12.3 Å². The van der Waals surface area contributed by atoms with Crippen LogP contribution in [0, 0.1) is 11.3 Å². The summed E-state index contributed by atoms with van der Waals surface area (Å²) in [4.78, 5) is 13.3. The van der Waals surface area contributed by atoms with Gasteiger partial charge in [-0.25, -0.2) is 0 Å². The van der Waals surface area contributed by atoms with E-state index < -0.39 is 0 Å². The number of carbonyl (C=O) groups is 1. The number of nitriles is 1. The van der Waals surface area contributed by atoms with Crippen LogP contribution in [0.4, 0.5) is 0 Å². The summed E-state index contributed by atoms with van der Waals surface area (Å²) in [5, 5.41) is 8.78. The third kappa shape index (κ3) is 3.26.